The smallest absolute Gasteiger partial charge is 0.367 e. The van der Waals surface area contributed by atoms with Crippen molar-refractivity contribution >= 4 is 16.9 Å². The van der Waals surface area contributed by atoms with Gasteiger partial charge in [-0.25, -0.2) is 0 Å². The van der Waals surface area contributed by atoms with Crippen LogP contribution in [0.25, 0.3) is 10.9 Å². The number of aromatic amines is 1. The monoisotopic (exact) mass is 404 g/mol. The molecule has 1 aromatic heterocycles. The van der Waals surface area contributed by atoms with Gasteiger partial charge >= 0.3 is 6.18 Å². The van der Waals surface area contributed by atoms with E-state index in [9.17, 15) is 13.2 Å². The average molecular weight is 404 g/mol. The summed E-state index contributed by atoms with van der Waals surface area (Å²) in [4.78, 5) is 7.56. The zero-order valence-electron chi connectivity index (χ0n) is 16.0. The van der Waals surface area contributed by atoms with Crippen molar-refractivity contribution < 1.29 is 17.9 Å². The summed E-state index contributed by atoms with van der Waals surface area (Å²) in [7, 11) is 1.70. The van der Waals surface area contributed by atoms with E-state index < -0.39 is 12.8 Å². The molecule has 1 heterocycles. The SMILES string of the molecule is CN=C(NCc1ccc(COCC(F)(F)F)cc1)NCc1cc2ccccc2[nH]1. The van der Waals surface area contributed by atoms with Gasteiger partial charge in [-0.3, -0.25) is 4.99 Å². The fraction of sp³-hybridized carbons (Fsp3) is 0.286. The number of H-pyrrole nitrogens is 1. The van der Waals surface area contributed by atoms with E-state index in [0.29, 0.717) is 24.6 Å². The van der Waals surface area contributed by atoms with Crippen LogP contribution in [0.3, 0.4) is 0 Å². The first-order chi connectivity index (χ1) is 13.9. The first-order valence-electron chi connectivity index (χ1n) is 9.16. The number of aliphatic imine (C=N–C) groups is 1. The topological polar surface area (TPSA) is 61.4 Å². The van der Waals surface area contributed by atoms with Gasteiger partial charge in [-0.05, 0) is 28.6 Å². The Hall–Kier alpha value is -3.00. The molecule has 8 heteroatoms. The molecule has 5 nitrogen and oxygen atoms in total. The zero-order valence-corrected chi connectivity index (χ0v) is 16.0. The number of rotatable bonds is 7. The van der Waals surface area contributed by atoms with Crippen LogP contribution in [0, 0.1) is 0 Å². The number of para-hydroxylation sites is 1. The second kappa shape index (κ2) is 9.47. The Morgan fingerprint density at radius 1 is 1.00 bits per heavy atom. The minimum atomic E-state index is -4.31. The Bertz CT molecular complexity index is 915. The molecule has 0 bridgehead atoms. The third-order valence-corrected chi connectivity index (χ3v) is 4.27. The average Bonchev–Trinajstić information content (AvgIpc) is 3.11. The first-order valence-corrected chi connectivity index (χ1v) is 9.16. The highest BCUT2D eigenvalue weighted by Crippen LogP contribution is 2.16. The fourth-order valence-corrected chi connectivity index (χ4v) is 2.85. The highest BCUT2D eigenvalue weighted by atomic mass is 19.4. The Morgan fingerprint density at radius 3 is 2.38 bits per heavy atom. The van der Waals surface area contributed by atoms with Crippen molar-refractivity contribution in [2.24, 2.45) is 4.99 Å². The molecular weight excluding hydrogens is 381 g/mol. The molecule has 0 atom stereocenters. The lowest BCUT2D eigenvalue weighted by Crippen LogP contribution is -2.36. The van der Waals surface area contributed by atoms with Gasteiger partial charge in [-0.2, -0.15) is 13.2 Å². The summed E-state index contributed by atoms with van der Waals surface area (Å²) in [6.07, 6.45) is -4.31. The summed E-state index contributed by atoms with van der Waals surface area (Å²) >= 11 is 0. The number of aromatic nitrogens is 1. The standard InChI is InChI=1S/C21H23F3N4O/c1-25-20(27-12-18-10-17-4-2-3-5-19(17)28-18)26-11-15-6-8-16(9-7-15)13-29-14-21(22,23)24/h2-10,28H,11-14H2,1H3,(H2,25,26,27). The second-order valence-electron chi connectivity index (χ2n) is 6.59. The van der Waals surface area contributed by atoms with Crippen molar-refractivity contribution in [1.82, 2.24) is 15.6 Å². The quantitative estimate of drug-likeness (QED) is 0.410. The van der Waals surface area contributed by atoms with Crippen molar-refractivity contribution in [1.29, 1.82) is 0 Å². The third kappa shape index (κ3) is 6.53. The highest BCUT2D eigenvalue weighted by molar-refractivity contribution is 5.81. The molecule has 0 spiro atoms. The van der Waals surface area contributed by atoms with Crippen LogP contribution in [0.5, 0.6) is 0 Å². The maximum Gasteiger partial charge on any atom is 0.411 e. The van der Waals surface area contributed by atoms with Crippen LogP contribution in [0.2, 0.25) is 0 Å². The van der Waals surface area contributed by atoms with E-state index in [4.69, 9.17) is 0 Å². The number of benzene rings is 2. The highest BCUT2D eigenvalue weighted by Gasteiger charge is 2.27. The molecule has 2 aromatic carbocycles. The predicted octanol–water partition coefficient (Wildman–Crippen LogP) is 4.11. The van der Waals surface area contributed by atoms with Crippen LogP contribution in [0.4, 0.5) is 13.2 Å². The predicted molar refractivity (Wildman–Crippen MR) is 107 cm³/mol. The van der Waals surface area contributed by atoms with E-state index in [1.807, 2.05) is 30.3 Å². The molecule has 0 unspecified atom stereocenters. The summed E-state index contributed by atoms with van der Waals surface area (Å²) in [6, 6.07) is 17.4. The van der Waals surface area contributed by atoms with Crippen molar-refractivity contribution in [2.75, 3.05) is 13.7 Å². The zero-order chi connectivity index (χ0) is 20.7. The van der Waals surface area contributed by atoms with E-state index in [2.05, 4.69) is 37.5 Å². The lowest BCUT2D eigenvalue weighted by Gasteiger charge is -2.12. The summed E-state index contributed by atoms with van der Waals surface area (Å²) in [5, 5.41) is 7.63. The van der Waals surface area contributed by atoms with E-state index in [1.54, 1.807) is 19.2 Å². The molecule has 0 aliphatic carbocycles. The fourth-order valence-electron chi connectivity index (χ4n) is 2.85. The number of hydrogen-bond donors (Lipinski definition) is 3. The van der Waals surface area contributed by atoms with E-state index >= 15 is 0 Å². The number of halogens is 3. The summed E-state index contributed by atoms with van der Waals surface area (Å²) in [5.41, 5.74) is 3.82. The van der Waals surface area contributed by atoms with Crippen LogP contribution in [0.15, 0.2) is 59.6 Å². The molecule has 0 saturated carbocycles. The van der Waals surface area contributed by atoms with Crippen LogP contribution in [0.1, 0.15) is 16.8 Å². The molecule has 0 aliphatic heterocycles. The Kier molecular flexibility index (Phi) is 6.77. The maximum absolute atomic E-state index is 12.1. The maximum atomic E-state index is 12.1. The lowest BCUT2D eigenvalue weighted by atomic mass is 10.1. The Balaban J connectivity index is 1.45. The van der Waals surface area contributed by atoms with Gasteiger partial charge in [0, 0.05) is 24.8 Å². The van der Waals surface area contributed by atoms with Gasteiger partial charge in [0.25, 0.3) is 0 Å². The van der Waals surface area contributed by atoms with Gasteiger partial charge in [0.15, 0.2) is 5.96 Å². The molecule has 0 radical (unpaired) electrons. The largest absolute Gasteiger partial charge is 0.411 e. The van der Waals surface area contributed by atoms with Gasteiger partial charge < -0.3 is 20.4 Å². The molecule has 3 N–H and O–H groups in total. The van der Waals surface area contributed by atoms with Gasteiger partial charge in [0.1, 0.15) is 6.61 Å². The van der Waals surface area contributed by atoms with Crippen LogP contribution in [-0.2, 0) is 24.4 Å². The molecule has 0 aliphatic rings. The van der Waals surface area contributed by atoms with Crippen LogP contribution in [-0.4, -0.2) is 30.8 Å². The molecular formula is C21H23F3N4O. The number of ether oxygens (including phenoxy) is 1. The minimum absolute atomic E-state index is 0.0685. The molecule has 0 amide bonds. The summed E-state index contributed by atoms with van der Waals surface area (Å²) in [5.74, 6) is 0.654. The van der Waals surface area contributed by atoms with Crippen molar-refractivity contribution in [3.8, 4) is 0 Å². The van der Waals surface area contributed by atoms with Crippen molar-refractivity contribution in [2.45, 2.75) is 25.9 Å². The number of fused-ring (bicyclic) bond motifs is 1. The number of hydrogen-bond acceptors (Lipinski definition) is 2. The van der Waals surface area contributed by atoms with Gasteiger partial charge in [-0.1, -0.05) is 42.5 Å². The number of nitrogens with zero attached hydrogens (tertiary/aromatic N) is 1. The molecule has 3 rings (SSSR count). The second-order valence-corrected chi connectivity index (χ2v) is 6.59. The Labute approximate surface area is 167 Å². The molecule has 154 valence electrons. The lowest BCUT2D eigenvalue weighted by molar-refractivity contribution is -0.176. The normalized spacial score (nSPS) is 12.3. The van der Waals surface area contributed by atoms with E-state index in [0.717, 1.165) is 22.2 Å². The first kappa shape index (κ1) is 20.7. The number of nitrogens with one attached hydrogen (secondary N) is 3. The molecule has 29 heavy (non-hydrogen) atoms. The van der Waals surface area contributed by atoms with E-state index in [1.165, 1.54) is 0 Å². The summed E-state index contributed by atoms with van der Waals surface area (Å²) < 4.78 is 41.0. The van der Waals surface area contributed by atoms with Crippen LogP contribution < -0.4 is 10.6 Å². The molecule has 0 saturated heterocycles. The van der Waals surface area contributed by atoms with Gasteiger partial charge in [-0.15, -0.1) is 0 Å². The number of alkyl halides is 3. The van der Waals surface area contributed by atoms with Gasteiger partial charge in [0.05, 0.1) is 13.2 Å². The molecule has 3 aromatic rings. The van der Waals surface area contributed by atoms with Crippen molar-refractivity contribution in [3.05, 3.63) is 71.4 Å². The molecule has 0 fully saturated rings. The van der Waals surface area contributed by atoms with Crippen LogP contribution >= 0.6 is 0 Å². The Morgan fingerprint density at radius 2 is 1.69 bits per heavy atom. The van der Waals surface area contributed by atoms with Gasteiger partial charge in [0.2, 0.25) is 0 Å². The number of guanidine groups is 1. The van der Waals surface area contributed by atoms with E-state index in [-0.39, 0.29) is 6.61 Å². The summed E-state index contributed by atoms with van der Waals surface area (Å²) in [6.45, 7) is -0.171. The minimum Gasteiger partial charge on any atom is -0.367 e. The van der Waals surface area contributed by atoms with Crippen molar-refractivity contribution in [3.63, 3.8) is 0 Å². The third-order valence-electron chi connectivity index (χ3n) is 4.27.